The van der Waals surface area contributed by atoms with Crippen molar-refractivity contribution in [2.75, 3.05) is 19.6 Å². The van der Waals surface area contributed by atoms with Gasteiger partial charge in [0.2, 0.25) is 5.91 Å². The highest BCUT2D eigenvalue weighted by Crippen LogP contribution is 2.19. The largest absolute Gasteiger partial charge is 0.472 e. The van der Waals surface area contributed by atoms with Gasteiger partial charge in [-0.3, -0.25) is 9.59 Å². The molecule has 0 saturated carbocycles. The second-order valence-corrected chi connectivity index (χ2v) is 6.64. The van der Waals surface area contributed by atoms with Gasteiger partial charge in [0.15, 0.2) is 0 Å². The summed E-state index contributed by atoms with van der Waals surface area (Å²) in [6, 6.07) is 8.20. The highest BCUT2D eigenvalue weighted by atomic mass is 19.1. The number of rotatable bonds is 6. The smallest absolute Gasteiger partial charge is 0.257 e. The highest BCUT2D eigenvalue weighted by molar-refractivity contribution is 5.93. The summed E-state index contributed by atoms with van der Waals surface area (Å²) < 4.78 is 18.5. The Balaban J connectivity index is 1.36. The van der Waals surface area contributed by atoms with E-state index in [1.807, 2.05) is 4.90 Å². The van der Waals surface area contributed by atoms with E-state index in [4.69, 9.17) is 4.42 Å². The molecule has 3 rings (SSSR count). The zero-order chi connectivity index (χ0) is 18.4. The Bertz CT molecular complexity index is 737. The minimum Gasteiger partial charge on any atom is -0.472 e. The van der Waals surface area contributed by atoms with Crippen LogP contribution in [0.25, 0.3) is 0 Å². The van der Waals surface area contributed by atoms with Gasteiger partial charge in [-0.05, 0) is 42.9 Å². The van der Waals surface area contributed by atoms with Gasteiger partial charge in [-0.25, -0.2) is 4.39 Å². The molecule has 0 aliphatic carbocycles. The maximum Gasteiger partial charge on any atom is 0.257 e. The predicted molar refractivity (Wildman–Crippen MR) is 95.1 cm³/mol. The highest BCUT2D eigenvalue weighted by Gasteiger charge is 2.24. The third-order valence-electron chi connectivity index (χ3n) is 4.84. The summed E-state index contributed by atoms with van der Waals surface area (Å²) in [5.41, 5.74) is 1.14. The van der Waals surface area contributed by atoms with Crippen LogP contribution in [0.4, 0.5) is 4.39 Å². The molecule has 0 bridgehead atoms. The number of hydrogen-bond acceptors (Lipinski definition) is 3. The molecule has 0 spiro atoms. The average molecular weight is 358 g/mol. The molecule has 2 heterocycles. The van der Waals surface area contributed by atoms with Gasteiger partial charge in [-0.1, -0.05) is 18.2 Å². The Kier molecular flexibility index (Phi) is 6.04. The fourth-order valence-corrected chi connectivity index (χ4v) is 3.20. The monoisotopic (exact) mass is 358 g/mol. The van der Waals surface area contributed by atoms with E-state index in [1.165, 1.54) is 18.6 Å². The Hall–Kier alpha value is -2.63. The van der Waals surface area contributed by atoms with Crippen LogP contribution in [0.5, 0.6) is 0 Å². The Morgan fingerprint density at radius 1 is 1.19 bits per heavy atom. The van der Waals surface area contributed by atoms with E-state index in [0.717, 1.165) is 12.8 Å². The number of amides is 2. The van der Waals surface area contributed by atoms with Gasteiger partial charge in [-0.15, -0.1) is 0 Å². The Labute approximate surface area is 152 Å². The second-order valence-electron chi connectivity index (χ2n) is 6.64. The molecule has 6 heteroatoms. The van der Waals surface area contributed by atoms with Crippen LogP contribution in [-0.4, -0.2) is 36.3 Å². The summed E-state index contributed by atoms with van der Waals surface area (Å²) in [7, 11) is 0. The van der Waals surface area contributed by atoms with Gasteiger partial charge in [-0.2, -0.15) is 0 Å². The lowest BCUT2D eigenvalue weighted by Crippen LogP contribution is -2.41. The van der Waals surface area contributed by atoms with Crippen molar-refractivity contribution >= 4 is 11.8 Å². The molecule has 1 N–H and O–H groups in total. The van der Waals surface area contributed by atoms with Crippen LogP contribution in [0, 0.1) is 11.7 Å². The van der Waals surface area contributed by atoms with Crippen LogP contribution in [-0.2, 0) is 11.2 Å². The maximum atomic E-state index is 13.6. The van der Waals surface area contributed by atoms with Crippen molar-refractivity contribution in [3.63, 3.8) is 0 Å². The van der Waals surface area contributed by atoms with E-state index in [-0.39, 0.29) is 24.1 Å². The van der Waals surface area contributed by atoms with Crippen LogP contribution < -0.4 is 5.32 Å². The number of likely N-dealkylation sites (tertiary alicyclic amines) is 1. The number of furan rings is 1. The van der Waals surface area contributed by atoms with Gasteiger partial charge in [0.1, 0.15) is 12.1 Å². The molecule has 1 saturated heterocycles. The van der Waals surface area contributed by atoms with E-state index >= 15 is 0 Å². The molecule has 1 aromatic carbocycles. The summed E-state index contributed by atoms with van der Waals surface area (Å²) >= 11 is 0. The first-order chi connectivity index (χ1) is 12.6. The summed E-state index contributed by atoms with van der Waals surface area (Å²) in [6.07, 6.45) is 5.35. The van der Waals surface area contributed by atoms with Crippen LogP contribution >= 0.6 is 0 Å². The molecule has 1 fully saturated rings. The lowest BCUT2D eigenvalue weighted by molar-refractivity contribution is -0.121. The Morgan fingerprint density at radius 2 is 1.96 bits per heavy atom. The fourth-order valence-electron chi connectivity index (χ4n) is 3.20. The van der Waals surface area contributed by atoms with Crippen LogP contribution in [0.15, 0.2) is 47.3 Å². The van der Waals surface area contributed by atoms with Crippen molar-refractivity contribution < 1.29 is 18.4 Å². The molecule has 0 atom stereocenters. The molecular weight excluding hydrogens is 335 g/mol. The zero-order valence-corrected chi connectivity index (χ0v) is 14.6. The molecule has 1 aromatic heterocycles. The molecule has 1 aliphatic rings. The van der Waals surface area contributed by atoms with Gasteiger partial charge in [0, 0.05) is 26.1 Å². The van der Waals surface area contributed by atoms with Crippen LogP contribution in [0.1, 0.15) is 35.2 Å². The van der Waals surface area contributed by atoms with E-state index in [2.05, 4.69) is 5.32 Å². The molecule has 2 amide bonds. The number of nitrogens with zero attached hydrogens (tertiary/aromatic N) is 1. The van der Waals surface area contributed by atoms with Gasteiger partial charge in [0.25, 0.3) is 5.91 Å². The van der Waals surface area contributed by atoms with Gasteiger partial charge >= 0.3 is 0 Å². The number of aryl methyl sites for hydroxylation is 1. The quantitative estimate of drug-likeness (QED) is 0.863. The third kappa shape index (κ3) is 4.71. The number of carbonyl (C=O) groups is 2. The first-order valence-corrected chi connectivity index (χ1v) is 8.95. The number of benzene rings is 1. The summed E-state index contributed by atoms with van der Waals surface area (Å²) in [6.45, 7) is 1.96. The molecule has 5 nitrogen and oxygen atoms in total. The second kappa shape index (κ2) is 8.65. The molecule has 0 radical (unpaired) electrons. The van der Waals surface area contributed by atoms with E-state index in [0.29, 0.717) is 43.1 Å². The van der Waals surface area contributed by atoms with Crippen molar-refractivity contribution in [2.24, 2.45) is 5.92 Å². The predicted octanol–water partition coefficient (Wildman–Crippen LogP) is 3.02. The van der Waals surface area contributed by atoms with Crippen molar-refractivity contribution in [1.82, 2.24) is 10.2 Å². The molecule has 0 unspecified atom stereocenters. The van der Waals surface area contributed by atoms with Crippen LogP contribution in [0.3, 0.4) is 0 Å². The van der Waals surface area contributed by atoms with Crippen molar-refractivity contribution in [3.8, 4) is 0 Å². The summed E-state index contributed by atoms with van der Waals surface area (Å²) in [5.74, 6) is 0.0204. The molecule has 26 heavy (non-hydrogen) atoms. The van der Waals surface area contributed by atoms with Crippen LogP contribution in [0.2, 0.25) is 0 Å². The normalized spacial score (nSPS) is 15.0. The molecule has 1 aliphatic heterocycles. The van der Waals surface area contributed by atoms with E-state index in [1.54, 1.807) is 24.3 Å². The van der Waals surface area contributed by atoms with Crippen molar-refractivity contribution in [3.05, 3.63) is 59.8 Å². The number of carbonyl (C=O) groups excluding carboxylic acids is 2. The first-order valence-electron chi connectivity index (χ1n) is 8.95. The fraction of sp³-hybridized carbons (Fsp3) is 0.400. The minimum absolute atomic E-state index is 0.00822. The molecule has 138 valence electrons. The molecular formula is C20H23FN2O3. The number of piperidine rings is 1. The van der Waals surface area contributed by atoms with Crippen molar-refractivity contribution in [2.45, 2.75) is 25.7 Å². The SMILES string of the molecule is O=C(CCc1ccccc1F)NCC1CCN(C(=O)c2ccoc2)CC1. The molecule has 2 aromatic rings. The first kappa shape index (κ1) is 18.2. The standard InChI is InChI=1S/C20H23FN2O3/c21-18-4-2-1-3-16(18)5-6-19(24)22-13-15-7-10-23(11-8-15)20(25)17-9-12-26-14-17/h1-4,9,12,14-15H,5-8,10-11,13H2,(H,22,24). The summed E-state index contributed by atoms with van der Waals surface area (Å²) in [4.78, 5) is 26.1. The van der Waals surface area contributed by atoms with E-state index in [9.17, 15) is 14.0 Å². The lowest BCUT2D eigenvalue weighted by Gasteiger charge is -2.31. The van der Waals surface area contributed by atoms with Gasteiger partial charge < -0.3 is 14.6 Å². The summed E-state index contributed by atoms with van der Waals surface area (Å²) in [5, 5.41) is 2.93. The third-order valence-corrected chi connectivity index (χ3v) is 4.84. The number of nitrogens with one attached hydrogen (secondary N) is 1. The van der Waals surface area contributed by atoms with Crippen molar-refractivity contribution in [1.29, 1.82) is 0 Å². The minimum atomic E-state index is -0.269. The average Bonchev–Trinajstić information content (AvgIpc) is 3.20. The zero-order valence-electron chi connectivity index (χ0n) is 14.6. The number of hydrogen-bond donors (Lipinski definition) is 1. The van der Waals surface area contributed by atoms with E-state index < -0.39 is 0 Å². The van der Waals surface area contributed by atoms with Gasteiger partial charge in [0.05, 0.1) is 11.8 Å². The lowest BCUT2D eigenvalue weighted by atomic mass is 9.96. The Morgan fingerprint density at radius 3 is 2.65 bits per heavy atom. The maximum absolute atomic E-state index is 13.6. The topological polar surface area (TPSA) is 62.6 Å². The number of halogens is 1.